The van der Waals surface area contributed by atoms with Gasteiger partial charge in [0.25, 0.3) is 5.91 Å². The minimum atomic E-state index is -0.528. The van der Waals surface area contributed by atoms with Crippen molar-refractivity contribution in [3.05, 3.63) is 48.3 Å². The van der Waals surface area contributed by atoms with Crippen LogP contribution < -0.4 is 20.3 Å². The van der Waals surface area contributed by atoms with Crippen molar-refractivity contribution >= 4 is 29.0 Å². The molecule has 1 fully saturated rings. The third-order valence-corrected chi connectivity index (χ3v) is 5.96. The number of carbonyl (C=O) groups is 2. The SMILES string of the molecule is CN(C)C(=O)Nc1ccc2c(c1)NC(=O)C(CCCN1CCN(c3ccc(F)cc3)CC1)O2. The molecule has 2 aliphatic rings. The third-order valence-electron chi connectivity index (χ3n) is 5.96. The van der Waals surface area contributed by atoms with Crippen molar-refractivity contribution in [2.45, 2.75) is 18.9 Å². The van der Waals surface area contributed by atoms with Gasteiger partial charge in [0, 0.05) is 51.6 Å². The Labute approximate surface area is 193 Å². The fourth-order valence-corrected chi connectivity index (χ4v) is 4.04. The van der Waals surface area contributed by atoms with E-state index < -0.39 is 6.10 Å². The van der Waals surface area contributed by atoms with Crippen LogP contribution in [0.3, 0.4) is 0 Å². The Morgan fingerprint density at radius 3 is 2.58 bits per heavy atom. The Balaban J connectivity index is 1.23. The number of halogens is 1. The van der Waals surface area contributed by atoms with Crippen molar-refractivity contribution in [3.63, 3.8) is 0 Å². The van der Waals surface area contributed by atoms with Gasteiger partial charge in [-0.1, -0.05) is 0 Å². The summed E-state index contributed by atoms with van der Waals surface area (Å²) >= 11 is 0. The summed E-state index contributed by atoms with van der Waals surface area (Å²) in [6.07, 6.45) is 0.948. The maximum atomic E-state index is 13.1. The first-order valence-electron chi connectivity index (χ1n) is 11.2. The molecule has 8 nitrogen and oxygen atoms in total. The molecule has 2 aliphatic heterocycles. The van der Waals surface area contributed by atoms with Crippen molar-refractivity contribution in [3.8, 4) is 5.75 Å². The van der Waals surface area contributed by atoms with E-state index in [-0.39, 0.29) is 17.8 Å². The number of fused-ring (bicyclic) bond motifs is 1. The minimum Gasteiger partial charge on any atom is -0.478 e. The van der Waals surface area contributed by atoms with Crippen LogP contribution in [0.2, 0.25) is 0 Å². The number of hydrogen-bond acceptors (Lipinski definition) is 5. The monoisotopic (exact) mass is 455 g/mol. The van der Waals surface area contributed by atoms with Gasteiger partial charge in [-0.2, -0.15) is 0 Å². The maximum Gasteiger partial charge on any atom is 0.321 e. The van der Waals surface area contributed by atoms with Crippen molar-refractivity contribution in [2.75, 3.05) is 62.4 Å². The largest absolute Gasteiger partial charge is 0.478 e. The van der Waals surface area contributed by atoms with E-state index in [1.807, 2.05) is 12.1 Å². The van der Waals surface area contributed by atoms with E-state index in [0.29, 0.717) is 23.5 Å². The molecule has 4 rings (SSSR count). The second-order valence-corrected chi connectivity index (χ2v) is 8.58. The molecule has 0 aromatic heterocycles. The summed E-state index contributed by atoms with van der Waals surface area (Å²) in [4.78, 5) is 30.4. The van der Waals surface area contributed by atoms with Crippen LogP contribution in [-0.4, -0.2) is 74.7 Å². The number of nitrogens with one attached hydrogen (secondary N) is 2. The molecule has 2 N–H and O–H groups in total. The number of hydrogen-bond donors (Lipinski definition) is 2. The second kappa shape index (κ2) is 10.1. The third kappa shape index (κ3) is 5.73. The zero-order chi connectivity index (χ0) is 23.4. The Kier molecular flexibility index (Phi) is 6.98. The number of nitrogens with zero attached hydrogens (tertiary/aromatic N) is 3. The first-order chi connectivity index (χ1) is 15.9. The fourth-order valence-electron chi connectivity index (χ4n) is 4.04. The highest BCUT2D eigenvalue weighted by atomic mass is 19.1. The zero-order valence-electron chi connectivity index (χ0n) is 19.0. The van der Waals surface area contributed by atoms with Crippen molar-refractivity contribution in [2.24, 2.45) is 0 Å². The van der Waals surface area contributed by atoms with Crippen LogP contribution in [0.4, 0.5) is 26.2 Å². The lowest BCUT2D eigenvalue weighted by Crippen LogP contribution is -2.47. The predicted molar refractivity (Wildman–Crippen MR) is 126 cm³/mol. The topological polar surface area (TPSA) is 77.2 Å². The minimum absolute atomic E-state index is 0.167. The van der Waals surface area contributed by atoms with Crippen molar-refractivity contribution < 1.29 is 18.7 Å². The quantitative estimate of drug-likeness (QED) is 0.700. The molecule has 0 aliphatic carbocycles. The number of carbonyl (C=O) groups excluding carboxylic acids is 2. The number of benzene rings is 2. The summed E-state index contributed by atoms with van der Waals surface area (Å²) in [5.41, 5.74) is 2.20. The Hall–Kier alpha value is -3.33. The smallest absolute Gasteiger partial charge is 0.321 e. The van der Waals surface area contributed by atoms with Gasteiger partial charge in [0.05, 0.1) is 5.69 Å². The number of urea groups is 1. The van der Waals surface area contributed by atoms with Gasteiger partial charge in [-0.15, -0.1) is 0 Å². The molecular weight excluding hydrogens is 425 g/mol. The number of anilines is 3. The molecule has 2 aromatic rings. The van der Waals surface area contributed by atoms with Crippen LogP contribution in [0, 0.1) is 5.82 Å². The number of ether oxygens (including phenoxy) is 1. The van der Waals surface area contributed by atoms with Crippen LogP contribution >= 0.6 is 0 Å². The molecule has 1 atom stereocenters. The molecular formula is C24H30FN5O3. The lowest BCUT2D eigenvalue weighted by molar-refractivity contribution is -0.123. The van der Waals surface area contributed by atoms with E-state index in [2.05, 4.69) is 20.4 Å². The second-order valence-electron chi connectivity index (χ2n) is 8.58. The summed E-state index contributed by atoms with van der Waals surface area (Å²) in [5.74, 6) is 0.223. The summed E-state index contributed by atoms with van der Waals surface area (Å²) < 4.78 is 19.1. The summed E-state index contributed by atoms with van der Waals surface area (Å²) in [7, 11) is 3.32. The fraction of sp³-hybridized carbons (Fsp3) is 0.417. The lowest BCUT2D eigenvalue weighted by Gasteiger charge is -2.36. The normalized spacial score (nSPS) is 18.2. The highest BCUT2D eigenvalue weighted by Crippen LogP contribution is 2.33. The van der Waals surface area contributed by atoms with Gasteiger partial charge in [0.15, 0.2) is 6.10 Å². The van der Waals surface area contributed by atoms with Crippen LogP contribution in [0.1, 0.15) is 12.8 Å². The van der Waals surface area contributed by atoms with Crippen LogP contribution in [0.15, 0.2) is 42.5 Å². The highest BCUT2D eigenvalue weighted by Gasteiger charge is 2.28. The van der Waals surface area contributed by atoms with Gasteiger partial charge in [-0.05, 0) is 61.9 Å². The summed E-state index contributed by atoms with van der Waals surface area (Å²) in [5, 5.41) is 5.65. The van der Waals surface area contributed by atoms with Gasteiger partial charge in [-0.3, -0.25) is 9.69 Å². The van der Waals surface area contributed by atoms with Gasteiger partial charge in [0.1, 0.15) is 11.6 Å². The molecule has 0 radical (unpaired) electrons. The molecule has 3 amide bonds. The van der Waals surface area contributed by atoms with Crippen molar-refractivity contribution in [1.29, 1.82) is 0 Å². The molecule has 2 aromatic carbocycles. The van der Waals surface area contributed by atoms with E-state index >= 15 is 0 Å². The van der Waals surface area contributed by atoms with E-state index in [4.69, 9.17) is 4.74 Å². The van der Waals surface area contributed by atoms with E-state index in [9.17, 15) is 14.0 Å². The molecule has 1 saturated heterocycles. The van der Waals surface area contributed by atoms with Crippen LogP contribution in [0.25, 0.3) is 0 Å². The molecule has 0 saturated carbocycles. The van der Waals surface area contributed by atoms with Crippen LogP contribution in [-0.2, 0) is 4.79 Å². The molecule has 1 unspecified atom stereocenters. The van der Waals surface area contributed by atoms with Crippen LogP contribution in [0.5, 0.6) is 5.75 Å². The average Bonchev–Trinajstić information content (AvgIpc) is 2.80. The van der Waals surface area contributed by atoms with Gasteiger partial charge >= 0.3 is 6.03 Å². The first kappa shape index (κ1) is 22.8. The van der Waals surface area contributed by atoms with Gasteiger partial charge in [-0.25, -0.2) is 9.18 Å². The molecule has 9 heteroatoms. The standard InChI is InChI=1S/C24H30FN5O3/c1-28(2)24(32)26-18-7-10-21-20(16-18)27-23(31)22(33-21)4-3-11-29-12-14-30(15-13-29)19-8-5-17(25)6-9-19/h5-10,16,22H,3-4,11-15H2,1-2H3,(H,26,32)(H,27,31). The molecule has 0 spiro atoms. The van der Waals surface area contributed by atoms with E-state index in [0.717, 1.165) is 44.8 Å². The Morgan fingerprint density at radius 2 is 1.88 bits per heavy atom. The number of piperazine rings is 1. The zero-order valence-corrected chi connectivity index (χ0v) is 19.0. The first-order valence-corrected chi connectivity index (χ1v) is 11.2. The van der Waals surface area contributed by atoms with Crippen molar-refractivity contribution in [1.82, 2.24) is 9.80 Å². The Morgan fingerprint density at radius 1 is 1.15 bits per heavy atom. The average molecular weight is 456 g/mol. The molecule has 176 valence electrons. The van der Waals surface area contributed by atoms with Gasteiger partial charge in [0.2, 0.25) is 0 Å². The highest BCUT2D eigenvalue weighted by molar-refractivity contribution is 5.99. The molecule has 2 heterocycles. The number of amides is 3. The van der Waals surface area contributed by atoms with Gasteiger partial charge < -0.3 is 25.2 Å². The predicted octanol–water partition coefficient (Wildman–Crippen LogP) is 3.22. The lowest BCUT2D eigenvalue weighted by atomic mass is 10.1. The number of rotatable bonds is 6. The summed E-state index contributed by atoms with van der Waals surface area (Å²) in [6, 6.07) is 11.6. The van der Waals surface area contributed by atoms with E-state index in [1.54, 1.807) is 32.3 Å². The summed E-state index contributed by atoms with van der Waals surface area (Å²) in [6.45, 7) is 4.55. The molecule has 0 bridgehead atoms. The maximum absolute atomic E-state index is 13.1. The molecule has 33 heavy (non-hydrogen) atoms. The van der Waals surface area contributed by atoms with E-state index in [1.165, 1.54) is 17.0 Å². The Bertz CT molecular complexity index is 990.